The first-order chi connectivity index (χ1) is 8.63. The molecule has 94 valence electrons. The molecule has 0 saturated heterocycles. The zero-order valence-corrected chi connectivity index (χ0v) is 10.9. The lowest BCUT2D eigenvalue weighted by Crippen LogP contribution is -2.17. The van der Waals surface area contributed by atoms with Crippen LogP contribution in [-0.4, -0.2) is 11.0 Å². The molecular weight excluding hydrogens is 222 g/mol. The molecule has 1 unspecified atom stereocenters. The summed E-state index contributed by atoms with van der Waals surface area (Å²) in [5, 5.41) is 4.74. The van der Waals surface area contributed by atoms with E-state index in [-0.39, 0.29) is 0 Å². The zero-order chi connectivity index (χ0) is 12.7. The van der Waals surface area contributed by atoms with Gasteiger partial charge in [0.15, 0.2) is 0 Å². The van der Waals surface area contributed by atoms with E-state index in [0.717, 1.165) is 33.9 Å². The van der Waals surface area contributed by atoms with Crippen molar-refractivity contribution in [1.29, 1.82) is 0 Å². The summed E-state index contributed by atoms with van der Waals surface area (Å²) in [5.41, 5.74) is 9.87. The highest BCUT2D eigenvalue weighted by Crippen LogP contribution is 2.35. The van der Waals surface area contributed by atoms with E-state index < -0.39 is 0 Å². The van der Waals surface area contributed by atoms with Crippen molar-refractivity contribution >= 4 is 22.3 Å². The Hall–Kier alpha value is -1.77. The van der Waals surface area contributed by atoms with Crippen LogP contribution in [0.3, 0.4) is 0 Å². The molecule has 1 fully saturated rings. The normalized spacial score (nSPS) is 16.8. The molecule has 3 heteroatoms. The number of nitrogens with two attached hydrogens (primary N) is 1. The Morgan fingerprint density at radius 2 is 2.11 bits per heavy atom. The van der Waals surface area contributed by atoms with Gasteiger partial charge in [0.1, 0.15) is 0 Å². The maximum absolute atomic E-state index is 5.88. The van der Waals surface area contributed by atoms with Crippen molar-refractivity contribution in [3.63, 3.8) is 0 Å². The average Bonchev–Trinajstić information content (AvgIpc) is 3.14. The molecule has 1 atom stereocenters. The van der Waals surface area contributed by atoms with Crippen LogP contribution in [0.4, 0.5) is 11.4 Å². The molecule has 1 aliphatic rings. The SMILES string of the molecule is Cc1cc(NC(C)C2CC2)c2cc(N)ccc2n1. The van der Waals surface area contributed by atoms with Crippen LogP contribution in [0.5, 0.6) is 0 Å². The van der Waals surface area contributed by atoms with Gasteiger partial charge in [-0.3, -0.25) is 4.98 Å². The van der Waals surface area contributed by atoms with E-state index in [2.05, 4.69) is 23.3 Å². The van der Waals surface area contributed by atoms with Gasteiger partial charge in [0.2, 0.25) is 0 Å². The molecule has 1 aromatic carbocycles. The fourth-order valence-corrected chi connectivity index (χ4v) is 2.45. The highest BCUT2D eigenvalue weighted by Gasteiger charge is 2.28. The first-order valence-electron chi connectivity index (χ1n) is 6.57. The van der Waals surface area contributed by atoms with Crippen LogP contribution in [0.2, 0.25) is 0 Å². The molecule has 2 aromatic rings. The fourth-order valence-electron chi connectivity index (χ4n) is 2.45. The lowest BCUT2D eigenvalue weighted by molar-refractivity contribution is 0.695. The van der Waals surface area contributed by atoms with Crippen LogP contribution < -0.4 is 11.1 Å². The third-order valence-electron chi connectivity index (χ3n) is 3.67. The number of aromatic nitrogens is 1. The molecule has 0 amide bonds. The number of nitrogens with zero attached hydrogens (tertiary/aromatic N) is 1. The molecule has 0 spiro atoms. The van der Waals surface area contributed by atoms with Gasteiger partial charge in [0.05, 0.1) is 5.52 Å². The quantitative estimate of drug-likeness (QED) is 0.810. The number of hydrogen-bond donors (Lipinski definition) is 2. The maximum atomic E-state index is 5.88. The van der Waals surface area contributed by atoms with E-state index in [4.69, 9.17) is 5.73 Å². The molecule has 1 aromatic heterocycles. The molecule has 0 aliphatic heterocycles. The number of benzene rings is 1. The van der Waals surface area contributed by atoms with Crippen molar-refractivity contribution in [2.45, 2.75) is 32.7 Å². The third-order valence-corrected chi connectivity index (χ3v) is 3.67. The maximum Gasteiger partial charge on any atom is 0.0727 e. The third kappa shape index (κ3) is 2.13. The number of hydrogen-bond acceptors (Lipinski definition) is 3. The first kappa shape index (κ1) is 11.3. The highest BCUT2D eigenvalue weighted by atomic mass is 14.9. The Labute approximate surface area is 107 Å². The largest absolute Gasteiger partial charge is 0.399 e. The van der Waals surface area contributed by atoms with E-state index in [1.807, 2.05) is 25.1 Å². The Kier molecular flexibility index (Phi) is 2.62. The number of rotatable bonds is 3. The second-order valence-corrected chi connectivity index (χ2v) is 5.36. The summed E-state index contributed by atoms with van der Waals surface area (Å²) < 4.78 is 0. The van der Waals surface area contributed by atoms with Crippen molar-refractivity contribution < 1.29 is 0 Å². The number of nitrogen functional groups attached to an aromatic ring is 1. The minimum atomic E-state index is 0.524. The van der Waals surface area contributed by atoms with E-state index in [9.17, 15) is 0 Å². The predicted octanol–water partition coefficient (Wildman–Crippen LogP) is 3.34. The first-order valence-corrected chi connectivity index (χ1v) is 6.57. The summed E-state index contributed by atoms with van der Waals surface area (Å²) >= 11 is 0. The predicted molar refractivity (Wildman–Crippen MR) is 76.7 cm³/mol. The highest BCUT2D eigenvalue weighted by molar-refractivity contribution is 5.93. The van der Waals surface area contributed by atoms with Crippen LogP contribution in [0, 0.1) is 12.8 Å². The van der Waals surface area contributed by atoms with E-state index in [1.54, 1.807) is 0 Å². The minimum absolute atomic E-state index is 0.524. The van der Waals surface area contributed by atoms with E-state index >= 15 is 0 Å². The Morgan fingerprint density at radius 3 is 2.83 bits per heavy atom. The number of pyridine rings is 1. The van der Waals surface area contributed by atoms with Gasteiger partial charge < -0.3 is 11.1 Å². The van der Waals surface area contributed by atoms with Gasteiger partial charge in [-0.2, -0.15) is 0 Å². The van der Waals surface area contributed by atoms with Gasteiger partial charge in [-0.05, 0) is 56.9 Å². The summed E-state index contributed by atoms with van der Waals surface area (Å²) in [6.07, 6.45) is 2.69. The number of fused-ring (bicyclic) bond motifs is 1. The Morgan fingerprint density at radius 1 is 1.33 bits per heavy atom. The smallest absolute Gasteiger partial charge is 0.0727 e. The topological polar surface area (TPSA) is 50.9 Å². The molecule has 3 nitrogen and oxygen atoms in total. The van der Waals surface area contributed by atoms with Crippen molar-refractivity contribution in [2.24, 2.45) is 5.92 Å². The van der Waals surface area contributed by atoms with E-state index in [1.165, 1.54) is 12.8 Å². The lowest BCUT2D eigenvalue weighted by atomic mass is 10.1. The summed E-state index contributed by atoms with van der Waals surface area (Å²) in [6.45, 7) is 4.29. The standard InChI is InChI=1S/C15H19N3/c1-9-7-15(18-10(2)11-3-4-11)13-8-12(16)5-6-14(13)17-9/h5-8,10-11H,3-4,16H2,1-2H3,(H,17,18). The van der Waals surface area contributed by atoms with Crippen LogP contribution in [0.25, 0.3) is 10.9 Å². The Bertz CT molecular complexity index is 588. The summed E-state index contributed by atoms with van der Waals surface area (Å²) in [7, 11) is 0. The zero-order valence-electron chi connectivity index (χ0n) is 10.9. The Balaban J connectivity index is 2.04. The number of nitrogens with one attached hydrogen (secondary N) is 1. The molecule has 1 saturated carbocycles. The molecule has 1 aliphatic carbocycles. The van der Waals surface area contributed by atoms with Gasteiger partial charge in [0.25, 0.3) is 0 Å². The minimum Gasteiger partial charge on any atom is -0.399 e. The molecule has 0 radical (unpaired) electrons. The van der Waals surface area contributed by atoms with Gasteiger partial charge in [0, 0.05) is 28.5 Å². The molecule has 18 heavy (non-hydrogen) atoms. The monoisotopic (exact) mass is 241 g/mol. The summed E-state index contributed by atoms with van der Waals surface area (Å²) in [5.74, 6) is 0.828. The van der Waals surface area contributed by atoms with Crippen LogP contribution in [0.1, 0.15) is 25.5 Å². The lowest BCUT2D eigenvalue weighted by Gasteiger charge is -2.17. The van der Waals surface area contributed by atoms with Crippen LogP contribution in [0.15, 0.2) is 24.3 Å². The second kappa shape index (κ2) is 4.16. The fraction of sp³-hybridized carbons (Fsp3) is 0.400. The molecule has 1 heterocycles. The average molecular weight is 241 g/mol. The van der Waals surface area contributed by atoms with E-state index in [0.29, 0.717) is 6.04 Å². The van der Waals surface area contributed by atoms with Crippen molar-refractivity contribution in [3.05, 3.63) is 30.0 Å². The van der Waals surface area contributed by atoms with Gasteiger partial charge in [-0.1, -0.05) is 0 Å². The van der Waals surface area contributed by atoms with Gasteiger partial charge >= 0.3 is 0 Å². The van der Waals surface area contributed by atoms with Gasteiger partial charge in [-0.15, -0.1) is 0 Å². The van der Waals surface area contributed by atoms with Crippen LogP contribution >= 0.6 is 0 Å². The molecule has 3 rings (SSSR count). The molecule has 0 bridgehead atoms. The van der Waals surface area contributed by atoms with Crippen molar-refractivity contribution in [2.75, 3.05) is 11.1 Å². The molecule has 3 N–H and O–H groups in total. The number of aryl methyl sites for hydroxylation is 1. The molecular formula is C15H19N3. The number of anilines is 2. The van der Waals surface area contributed by atoms with Crippen molar-refractivity contribution in [1.82, 2.24) is 4.98 Å². The summed E-state index contributed by atoms with van der Waals surface area (Å²) in [6, 6.07) is 8.54. The van der Waals surface area contributed by atoms with Crippen LogP contribution in [-0.2, 0) is 0 Å². The summed E-state index contributed by atoms with van der Waals surface area (Å²) in [4.78, 5) is 4.55. The van der Waals surface area contributed by atoms with Crippen molar-refractivity contribution in [3.8, 4) is 0 Å². The van der Waals surface area contributed by atoms with Gasteiger partial charge in [-0.25, -0.2) is 0 Å². The second-order valence-electron chi connectivity index (χ2n) is 5.36.